The van der Waals surface area contributed by atoms with E-state index in [2.05, 4.69) is 52.1 Å². The number of benzene rings is 1. The van der Waals surface area contributed by atoms with Crippen molar-refractivity contribution in [2.75, 3.05) is 0 Å². The smallest absolute Gasteiger partial charge is 0.0302 e. The predicted molar refractivity (Wildman–Crippen MR) is 65.8 cm³/mol. The van der Waals surface area contributed by atoms with E-state index in [9.17, 15) is 0 Å². The van der Waals surface area contributed by atoms with E-state index in [4.69, 9.17) is 0 Å². The van der Waals surface area contributed by atoms with Crippen molar-refractivity contribution in [3.8, 4) is 0 Å². The molecule has 1 aromatic carbocycles. The summed E-state index contributed by atoms with van der Waals surface area (Å²) in [5.41, 5.74) is 4.62. The molecule has 0 aromatic heterocycles. The monoisotopic (exact) mass is 190 g/mol. The lowest BCUT2D eigenvalue weighted by atomic mass is 9.96. The summed E-state index contributed by atoms with van der Waals surface area (Å²) >= 11 is 0. The molecule has 0 N–H and O–H groups in total. The standard InChI is InChI=1S/C12H18.C2H4/c1-4-10-8-7-9-11(5-2)12(10)6-3;1-2/h7-9H,4-6H2,1-3H3;1-2H2. The second-order valence-corrected chi connectivity index (χ2v) is 3.12. The first-order valence-electron chi connectivity index (χ1n) is 5.43. The SMILES string of the molecule is C=C.CCc1cccc(CC)c1CC. The Bertz CT molecular complexity index is 238. The van der Waals surface area contributed by atoms with E-state index in [1.807, 2.05) is 0 Å². The molecule has 0 spiro atoms. The summed E-state index contributed by atoms with van der Waals surface area (Å²) in [6.45, 7) is 12.7. The molecular weight excluding hydrogens is 168 g/mol. The number of rotatable bonds is 3. The fraction of sp³-hybridized carbons (Fsp3) is 0.429. The Morgan fingerprint density at radius 3 is 1.57 bits per heavy atom. The van der Waals surface area contributed by atoms with Crippen molar-refractivity contribution in [1.29, 1.82) is 0 Å². The summed E-state index contributed by atoms with van der Waals surface area (Å²) in [5, 5.41) is 0. The predicted octanol–water partition coefficient (Wildman–Crippen LogP) is 4.18. The summed E-state index contributed by atoms with van der Waals surface area (Å²) in [6, 6.07) is 6.67. The van der Waals surface area contributed by atoms with Gasteiger partial charge in [-0.15, -0.1) is 13.2 Å². The van der Waals surface area contributed by atoms with Gasteiger partial charge in [0.2, 0.25) is 0 Å². The van der Waals surface area contributed by atoms with Crippen LogP contribution in [-0.2, 0) is 19.3 Å². The molecule has 1 aromatic rings. The van der Waals surface area contributed by atoms with Crippen LogP contribution in [-0.4, -0.2) is 0 Å². The Labute approximate surface area is 88.7 Å². The molecule has 0 aliphatic rings. The second-order valence-electron chi connectivity index (χ2n) is 3.12. The van der Waals surface area contributed by atoms with Crippen molar-refractivity contribution in [2.45, 2.75) is 40.0 Å². The Morgan fingerprint density at radius 1 is 0.857 bits per heavy atom. The third-order valence-corrected chi connectivity index (χ3v) is 2.49. The number of hydrogen-bond donors (Lipinski definition) is 0. The molecule has 0 amide bonds. The highest BCUT2D eigenvalue weighted by atomic mass is 14.1. The van der Waals surface area contributed by atoms with E-state index in [0.717, 1.165) is 12.8 Å². The van der Waals surface area contributed by atoms with Gasteiger partial charge in [-0.2, -0.15) is 0 Å². The largest absolute Gasteiger partial charge is 0.106 e. The van der Waals surface area contributed by atoms with Gasteiger partial charge < -0.3 is 0 Å². The lowest BCUT2D eigenvalue weighted by Crippen LogP contribution is -1.96. The summed E-state index contributed by atoms with van der Waals surface area (Å²) in [5.74, 6) is 0. The highest BCUT2D eigenvalue weighted by Crippen LogP contribution is 2.16. The fourth-order valence-corrected chi connectivity index (χ4v) is 1.80. The third-order valence-electron chi connectivity index (χ3n) is 2.49. The van der Waals surface area contributed by atoms with Crippen LogP contribution < -0.4 is 0 Å². The molecule has 0 atom stereocenters. The number of aryl methyl sites for hydroxylation is 2. The fourth-order valence-electron chi connectivity index (χ4n) is 1.80. The second kappa shape index (κ2) is 7.37. The average molecular weight is 190 g/mol. The summed E-state index contributed by atoms with van der Waals surface area (Å²) in [7, 11) is 0. The zero-order valence-electron chi connectivity index (χ0n) is 9.77. The molecule has 0 fully saturated rings. The van der Waals surface area contributed by atoms with Crippen LogP contribution in [0, 0.1) is 0 Å². The van der Waals surface area contributed by atoms with Gasteiger partial charge in [-0.3, -0.25) is 0 Å². The molecule has 0 heterocycles. The van der Waals surface area contributed by atoms with Crippen LogP contribution in [0.4, 0.5) is 0 Å². The van der Waals surface area contributed by atoms with Crippen LogP contribution in [0.2, 0.25) is 0 Å². The molecule has 0 aliphatic heterocycles. The minimum absolute atomic E-state index is 1.16. The van der Waals surface area contributed by atoms with Gasteiger partial charge in [-0.1, -0.05) is 39.0 Å². The molecule has 0 bridgehead atoms. The molecule has 1 rings (SSSR count). The van der Waals surface area contributed by atoms with Gasteiger partial charge in [0, 0.05) is 0 Å². The maximum atomic E-state index is 3.00. The first-order valence-corrected chi connectivity index (χ1v) is 5.43. The Kier molecular flexibility index (Phi) is 6.82. The van der Waals surface area contributed by atoms with Crippen LogP contribution in [0.25, 0.3) is 0 Å². The zero-order valence-corrected chi connectivity index (χ0v) is 9.77. The van der Waals surface area contributed by atoms with Gasteiger partial charge in [-0.25, -0.2) is 0 Å². The molecule has 0 radical (unpaired) electrons. The van der Waals surface area contributed by atoms with Crippen molar-refractivity contribution in [2.24, 2.45) is 0 Å². The molecule has 14 heavy (non-hydrogen) atoms. The quantitative estimate of drug-likeness (QED) is 0.627. The van der Waals surface area contributed by atoms with Crippen LogP contribution in [0.3, 0.4) is 0 Å². The first kappa shape index (κ1) is 13.0. The highest BCUT2D eigenvalue weighted by molar-refractivity contribution is 5.35. The Morgan fingerprint density at radius 2 is 1.29 bits per heavy atom. The van der Waals surface area contributed by atoms with Crippen molar-refractivity contribution >= 4 is 0 Å². The van der Waals surface area contributed by atoms with E-state index in [1.165, 1.54) is 17.5 Å². The molecule has 0 unspecified atom stereocenters. The van der Waals surface area contributed by atoms with Crippen LogP contribution in [0.5, 0.6) is 0 Å². The lowest BCUT2D eigenvalue weighted by Gasteiger charge is -2.10. The van der Waals surface area contributed by atoms with Crippen LogP contribution in [0.15, 0.2) is 31.4 Å². The average Bonchev–Trinajstić information content (AvgIpc) is 2.30. The summed E-state index contributed by atoms with van der Waals surface area (Å²) in [4.78, 5) is 0. The highest BCUT2D eigenvalue weighted by Gasteiger charge is 2.02. The topological polar surface area (TPSA) is 0 Å². The normalized spacial score (nSPS) is 9.07. The van der Waals surface area contributed by atoms with E-state index in [-0.39, 0.29) is 0 Å². The molecule has 0 heteroatoms. The van der Waals surface area contributed by atoms with Gasteiger partial charge in [0.15, 0.2) is 0 Å². The number of hydrogen-bond acceptors (Lipinski definition) is 0. The maximum Gasteiger partial charge on any atom is -0.0302 e. The molecule has 0 saturated heterocycles. The van der Waals surface area contributed by atoms with Gasteiger partial charge in [-0.05, 0) is 36.0 Å². The van der Waals surface area contributed by atoms with Crippen molar-refractivity contribution in [1.82, 2.24) is 0 Å². The minimum atomic E-state index is 1.16. The van der Waals surface area contributed by atoms with E-state index in [1.54, 1.807) is 5.56 Å². The lowest BCUT2D eigenvalue weighted by molar-refractivity contribution is 0.981. The summed E-state index contributed by atoms with van der Waals surface area (Å²) in [6.07, 6.45) is 3.50. The molecule has 0 nitrogen and oxygen atoms in total. The van der Waals surface area contributed by atoms with Crippen molar-refractivity contribution in [3.63, 3.8) is 0 Å². The minimum Gasteiger partial charge on any atom is -0.106 e. The van der Waals surface area contributed by atoms with Gasteiger partial charge in [0.05, 0.1) is 0 Å². The van der Waals surface area contributed by atoms with Crippen molar-refractivity contribution in [3.05, 3.63) is 48.0 Å². The Balaban J connectivity index is 0.000000791. The molecule has 0 saturated carbocycles. The molecule has 0 aliphatic carbocycles. The van der Waals surface area contributed by atoms with Gasteiger partial charge in [0.25, 0.3) is 0 Å². The molecular formula is C14H22. The van der Waals surface area contributed by atoms with E-state index >= 15 is 0 Å². The zero-order chi connectivity index (χ0) is 11.0. The molecule has 78 valence electrons. The first-order chi connectivity index (χ1) is 6.83. The van der Waals surface area contributed by atoms with Gasteiger partial charge >= 0.3 is 0 Å². The third kappa shape index (κ3) is 3.02. The maximum absolute atomic E-state index is 3.00. The van der Waals surface area contributed by atoms with Crippen LogP contribution in [0.1, 0.15) is 37.5 Å². The van der Waals surface area contributed by atoms with Crippen molar-refractivity contribution < 1.29 is 0 Å². The summed E-state index contributed by atoms with van der Waals surface area (Å²) < 4.78 is 0. The van der Waals surface area contributed by atoms with E-state index < -0.39 is 0 Å². The van der Waals surface area contributed by atoms with E-state index in [0.29, 0.717) is 0 Å². The Hall–Kier alpha value is -1.04. The van der Waals surface area contributed by atoms with Gasteiger partial charge in [0.1, 0.15) is 0 Å². The van der Waals surface area contributed by atoms with Crippen LogP contribution >= 0.6 is 0 Å².